The normalized spacial score (nSPS) is 19.7. The molecule has 120 heavy (non-hydrogen) atoms. The van der Waals surface area contributed by atoms with Crippen molar-refractivity contribution in [1.29, 1.82) is 0 Å². The molecule has 8 unspecified atom stereocenters. The van der Waals surface area contributed by atoms with Crippen LogP contribution in [0.15, 0.2) is 97.6 Å². The number of unbranched alkanes of at least 4 members (excludes halogenated alkanes) is 8. The zero-order valence-corrected chi connectivity index (χ0v) is 67.4. The summed E-state index contributed by atoms with van der Waals surface area (Å²) in [5, 5.41) is 76.6. The summed E-state index contributed by atoms with van der Waals surface area (Å²) in [6.07, 6.45) is 31.1. The molecule has 626 valence electrons. The van der Waals surface area contributed by atoms with Crippen molar-refractivity contribution in [2.24, 2.45) is 0 Å². The van der Waals surface area contributed by atoms with Gasteiger partial charge in [-0.3, -0.25) is 37.9 Å². The lowest BCUT2D eigenvalue weighted by molar-refractivity contribution is -0.138. The van der Waals surface area contributed by atoms with Gasteiger partial charge in [0.05, 0.1) is 22.8 Å². The van der Waals surface area contributed by atoms with Crippen LogP contribution in [0.3, 0.4) is 0 Å². The zero-order valence-electron chi connectivity index (χ0n) is 67.4. The van der Waals surface area contributed by atoms with E-state index in [-0.39, 0.29) is 73.8 Å². The number of ether oxygens (including phenoxy) is 4. The van der Waals surface area contributed by atoms with Gasteiger partial charge in [0.1, 0.15) is 70.0 Å². The lowest BCUT2D eigenvalue weighted by atomic mass is 9.84. The number of benzene rings is 4. The second kappa shape index (κ2) is 37.0. The van der Waals surface area contributed by atoms with Crippen LogP contribution in [-0.4, -0.2) is 169 Å². The Balaban J connectivity index is 0.769. The molecule has 32 nitrogen and oxygen atoms in total. The quantitative estimate of drug-likeness (QED) is 0.0199. The number of nitrogens with one attached hydrogen (secondary N) is 2. The van der Waals surface area contributed by atoms with Crippen molar-refractivity contribution in [3.05, 3.63) is 120 Å². The van der Waals surface area contributed by atoms with Crippen LogP contribution in [0.5, 0.6) is 23.0 Å². The molecule has 4 aromatic carbocycles. The Morgan fingerprint density at radius 3 is 0.875 bits per heavy atom. The number of H-pyrrole nitrogens is 2. The van der Waals surface area contributed by atoms with Gasteiger partial charge >= 0.3 is 23.9 Å². The first-order chi connectivity index (χ1) is 58.7. The van der Waals surface area contributed by atoms with E-state index in [1.165, 1.54) is 0 Å². The van der Waals surface area contributed by atoms with Crippen molar-refractivity contribution < 1.29 is 58.6 Å². The number of nitrogens with zero attached hydrogens (tertiary/aromatic N) is 18. The van der Waals surface area contributed by atoms with Gasteiger partial charge in [-0.1, -0.05) is 72.2 Å². The molecule has 32 heteroatoms. The first-order valence-electron chi connectivity index (χ1n) is 43.2. The van der Waals surface area contributed by atoms with Crippen molar-refractivity contribution >= 4 is 68.0 Å². The van der Waals surface area contributed by atoms with Crippen LogP contribution in [0.2, 0.25) is 0 Å². The van der Waals surface area contributed by atoms with Crippen LogP contribution in [0.4, 0.5) is 0 Å². The number of aryl methyl sites for hydroxylation is 4. The van der Waals surface area contributed by atoms with Gasteiger partial charge in [-0.05, 0) is 201 Å². The van der Waals surface area contributed by atoms with Crippen LogP contribution in [-0.2, 0) is 45.4 Å². The number of carboxylic acid groups (broad SMARTS) is 4. The lowest BCUT2D eigenvalue weighted by Gasteiger charge is -2.30. The predicted octanol–water partition coefficient (Wildman–Crippen LogP) is 16.2. The monoisotopic (exact) mass is 1630 g/mol. The van der Waals surface area contributed by atoms with Crippen molar-refractivity contribution in [3.63, 3.8) is 0 Å². The third kappa shape index (κ3) is 19.0. The molecule has 0 radical (unpaired) electrons. The van der Waals surface area contributed by atoms with E-state index in [9.17, 15) is 39.6 Å². The molecule has 0 saturated heterocycles. The topological polar surface area (TPSA) is 418 Å². The molecule has 7 aromatic heterocycles. The van der Waals surface area contributed by atoms with Crippen molar-refractivity contribution in [3.8, 4) is 68.5 Å². The van der Waals surface area contributed by atoms with Gasteiger partial charge in [0.2, 0.25) is 0 Å². The highest BCUT2D eigenvalue weighted by Gasteiger charge is 2.37. The van der Waals surface area contributed by atoms with Crippen molar-refractivity contribution in [2.45, 2.75) is 280 Å². The number of carboxylic acids is 4. The summed E-state index contributed by atoms with van der Waals surface area (Å²) in [6, 6.07) is 24.0. The summed E-state index contributed by atoms with van der Waals surface area (Å²) in [7, 11) is 0. The molecule has 8 bridgehead atoms. The van der Waals surface area contributed by atoms with Crippen molar-refractivity contribution in [2.75, 3.05) is 0 Å². The Labute approximate surface area is 691 Å². The summed E-state index contributed by atoms with van der Waals surface area (Å²) < 4.78 is 36.0. The number of aromatic nitrogens is 20. The van der Waals surface area contributed by atoms with E-state index in [1.807, 2.05) is 116 Å². The Kier molecular flexibility index (Phi) is 24.8. The summed E-state index contributed by atoms with van der Waals surface area (Å²) >= 11 is 0. The molecule has 0 amide bonds. The standard InChI is InChI=1S/C88H102N20O12/c109-77(110)29-5-1-17-41-105-49-69(97-101-105)61-21-9-13-25-73(61)117-53-33-37-57-65(45-53)85-89-81(57)94-86-67-47-55(119-75-27-15-11-23-63(75)71-51-107(103-99-71)43-19-3-7-31-79(113)114)35-39-59(67)83(91-86)96-88-68-48-56(120-76-28-16-12-24-64(76)72-52-108(104-100-72)44-20-4-8-32-80(115)116)36-40-60(68)84(92-88)95-87-66-46-54(34-38-58(66)82(90-87)93-85)118-74-26-14-10-22-62(74)70-50-106(102-98-70)42-18-2-6-30-78(111)112/h33-40,45-52,61-64,73-76H,1-32,41-44H2,(H,109,110)(H,111,112)(H,113,114)(H,115,116)(H2,89,90,91,92,93,94,95,96). The maximum atomic E-state index is 11.2. The highest BCUT2D eigenvalue weighted by molar-refractivity contribution is 6.07. The molecule has 17 rings (SSSR count). The van der Waals surface area contributed by atoms with Gasteiger partial charge in [-0.15, -0.1) is 20.4 Å². The smallest absolute Gasteiger partial charge is 0.303 e. The predicted molar refractivity (Wildman–Crippen MR) is 443 cm³/mol. The molecule has 8 atom stereocenters. The maximum Gasteiger partial charge on any atom is 0.303 e. The van der Waals surface area contributed by atoms with Crippen LogP contribution in [0.1, 0.15) is 252 Å². The molecular formula is C88H102N20O12. The summed E-state index contributed by atoms with van der Waals surface area (Å²) in [4.78, 5) is 85.1. The van der Waals surface area contributed by atoms with Gasteiger partial charge in [0, 0.05) is 144 Å². The van der Waals surface area contributed by atoms with Crippen LogP contribution in [0.25, 0.3) is 89.7 Å². The Morgan fingerprint density at radius 1 is 0.308 bits per heavy atom. The molecular weight excluding hydrogens is 1530 g/mol. The van der Waals surface area contributed by atoms with Gasteiger partial charge in [0.25, 0.3) is 0 Å². The zero-order chi connectivity index (χ0) is 82.0. The molecule has 9 heterocycles. The molecule has 6 aliphatic rings. The number of hydrogen-bond acceptors (Lipinski definition) is 22. The van der Waals surface area contributed by atoms with Crippen molar-refractivity contribution in [1.82, 2.24) is 99.8 Å². The van der Waals surface area contributed by atoms with Crippen LogP contribution >= 0.6 is 0 Å². The molecule has 4 aliphatic carbocycles. The number of aliphatic carboxylic acids is 4. The second-order valence-corrected chi connectivity index (χ2v) is 33.1. The molecule has 4 fully saturated rings. The second-order valence-electron chi connectivity index (χ2n) is 33.1. The van der Waals surface area contributed by atoms with E-state index < -0.39 is 23.9 Å². The fourth-order valence-corrected chi connectivity index (χ4v) is 18.3. The number of fused-ring (bicyclic) bond motifs is 20. The minimum absolute atomic E-state index is 0.0298. The average Bonchev–Trinajstić information content (AvgIpc) is 1.59. The summed E-state index contributed by atoms with van der Waals surface area (Å²) in [5.74, 6) is 0.774. The third-order valence-electron chi connectivity index (χ3n) is 24.5. The minimum Gasteiger partial charge on any atom is -0.490 e. The average molecular weight is 1630 g/mol. The van der Waals surface area contributed by atoms with E-state index in [2.05, 4.69) is 30.8 Å². The highest BCUT2D eigenvalue weighted by atomic mass is 16.5. The largest absolute Gasteiger partial charge is 0.490 e. The highest BCUT2D eigenvalue weighted by Crippen LogP contribution is 2.45. The third-order valence-corrected chi connectivity index (χ3v) is 24.5. The lowest BCUT2D eigenvalue weighted by Crippen LogP contribution is -2.29. The fraction of sp³-hybridized carbons (Fsp3) is 0.500. The van der Waals surface area contributed by atoms with E-state index in [0.717, 1.165) is 198 Å². The summed E-state index contributed by atoms with van der Waals surface area (Å²) in [5.41, 5.74) is 8.16. The molecule has 2 aliphatic heterocycles. The number of aromatic amines is 2. The van der Waals surface area contributed by atoms with Gasteiger partial charge in [-0.25, -0.2) is 29.9 Å². The SMILES string of the molecule is O=C(O)CCCCCn1cc(C2CCCCC2Oc2ccc3c(c2)-c2nc-3nc3[nH]c(nc4nc(nc5[nH]c(n2)c2ccc(OC6CCCCC6c6cn(CCCCCC(=O)O)nn6)cc52)-c2ccc(OC5CCCCC5c5cn(CCCCCC(=O)O)nn5)cc2-4)c2ccc(OC4CCCCC4c4cn(CCCCCC(=O)O)nn4)cc32)nn1. The Bertz CT molecular complexity index is 5350. The van der Waals surface area contributed by atoms with E-state index in [1.54, 1.807) is 0 Å². The van der Waals surface area contributed by atoms with Crippen LogP contribution < -0.4 is 18.9 Å². The van der Waals surface area contributed by atoms with Crippen LogP contribution in [0, 0.1) is 0 Å². The maximum absolute atomic E-state index is 11.2. The summed E-state index contributed by atoms with van der Waals surface area (Å²) in [6.45, 7) is 2.55. The Hall–Kier alpha value is -12.1. The molecule has 4 saturated carbocycles. The Morgan fingerprint density at radius 2 is 0.575 bits per heavy atom. The van der Waals surface area contributed by atoms with Gasteiger partial charge in [0.15, 0.2) is 23.3 Å². The van der Waals surface area contributed by atoms with E-state index in [0.29, 0.717) is 143 Å². The van der Waals surface area contributed by atoms with Gasteiger partial charge in [-0.2, -0.15) is 0 Å². The molecule has 0 spiro atoms. The van der Waals surface area contributed by atoms with Gasteiger partial charge < -0.3 is 49.3 Å². The fourth-order valence-electron chi connectivity index (χ4n) is 18.3. The number of rotatable bonds is 36. The molecule has 6 N–H and O–H groups in total. The first kappa shape index (κ1) is 80.3. The number of hydrogen-bond donors (Lipinski definition) is 6. The molecule has 11 aromatic rings. The van der Waals surface area contributed by atoms with E-state index >= 15 is 0 Å². The first-order valence-corrected chi connectivity index (χ1v) is 43.2. The van der Waals surface area contributed by atoms with E-state index in [4.69, 9.17) is 69.2 Å². The number of carbonyl (C=O) groups is 4. The minimum atomic E-state index is -0.792.